The molecule has 2 heteroatoms. The van der Waals surface area contributed by atoms with Crippen LogP contribution < -0.4 is 0 Å². The molecule has 0 aromatic heterocycles. The van der Waals surface area contributed by atoms with Crippen LogP contribution in [-0.4, -0.2) is 0 Å². The molecule has 0 bridgehead atoms. The molecule has 0 aromatic rings. The minimum Gasteiger partial charge on any atom is -0.0925 e. The first-order valence-corrected chi connectivity index (χ1v) is 2.45. The second kappa shape index (κ2) is 3.76. The Labute approximate surface area is 44.0 Å². The molecule has 0 rings (SSSR count). The van der Waals surface area contributed by atoms with Gasteiger partial charge in [-0.3, -0.25) is 0 Å². The fraction of sp³-hybridized carbons (Fsp3) is 0. The van der Waals surface area contributed by atoms with Gasteiger partial charge in [-0.2, -0.15) is 0 Å². The molecule has 0 aliphatic rings. The van der Waals surface area contributed by atoms with Crippen LogP contribution in [0.3, 0.4) is 0 Å². The van der Waals surface area contributed by atoms with Gasteiger partial charge in [0.2, 0.25) is 0 Å². The zero-order valence-corrected chi connectivity index (χ0v) is 4.82. The maximum Gasteiger partial charge on any atom is 0.0103 e. The second-order valence-electron chi connectivity index (χ2n) is 0.252. The van der Waals surface area contributed by atoms with Gasteiger partial charge in [0.25, 0.3) is 0 Å². The van der Waals surface area contributed by atoms with Crippen LogP contribution in [-0.2, 0) is 0 Å². The summed E-state index contributed by atoms with van der Waals surface area (Å²) < 4.78 is 1.74. The molecule has 0 atom stereocenters. The van der Waals surface area contributed by atoms with Gasteiger partial charge >= 0.3 is 0 Å². The summed E-state index contributed by atoms with van der Waals surface area (Å²) in [6.45, 7) is 0. The Hall–Kier alpha value is 0.760. The van der Waals surface area contributed by atoms with Crippen LogP contribution in [0.1, 0.15) is 0 Å². The molecule has 0 nitrogen and oxygen atoms in total. The standard InChI is InChI=1S/C2H2ClI/c3-1-2-4/h1-2H. The lowest BCUT2D eigenvalue weighted by molar-refractivity contribution is 2.60. The predicted molar refractivity (Wildman–Crippen MR) is 29.0 cm³/mol. The van der Waals surface area contributed by atoms with Crippen molar-refractivity contribution in [1.82, 2.24) is 0 Å². The quantitative estimate of drug-likeness (QED) is 0.511. The van der Waals surface area contributed by atoms with Gasteiger partial charge in [-0.1, -0.05) is 34.2 Å². The molecule has 0 aromatic carbocycles. The van der Waals surface area contributed by atoms with Gasteiger partial charge in [0, 0.05) is 5.54 Å². The van der Waals surface area contributed by atoms with Crippen LogP contribution in [0, 0.1) is 0 Å². The molecule has 0 fully saturated rings. The van der Waals surface area contributed by atoms with Crippen LogP contribution in [0.2, 0.25) is 0 Å². The third-order valence-electron chi connectivity index (χ3n) is 0.0476. The lowest BCUT2D eigenvalue weighted by Crippen LogP contribution is -1.09. The van der Waals surface area contributed by atoms with Crippen LogP contribution >= 0.6 is 34.2 Å². The fourth-order valence-corrected chi connectivity index (χ4v) is 0. The molecule has 0 unspecified atom stereocenters. The lowest BCUT2D eigenvalue weighted by atomic mass is 11.3. The summed E-state index contributed by atoms with van der Waals surface area (Å²) in [5, 5.41) is 0. The predicted octanol–water partition coefficient (Wildman–Crippen LogP) is 2.13. The number of halogens is 2. The van der Waals surface area contributed by atoms with E-state index in [1.807, 2.05) is 22.6 Å². The van der Waals surface area contributed by atoms with E-state index in [-0.39, 0.29) is 0 Å². The maximum atomic E-state index is 5.00. The average molecular weight is 188 g/mol. The van der Waals surface area contributed by atoms with Crippen molar-refractivity contribution >= 4 is 34.2 Å². The Balaban J connectivity index is 2.55. The molecule has 24 valence electrons. The zero-order valence-electron chi connectivity index (χ0n) is 1.91. The van der Waals surface area contributed by atoms with Crippen molar-refractivity contribution in [3.05, 3.63) is 9.62 Å². The Morgan fingerprint density at radius 1 is 1.75 bits per heavy atom. The van der Waals surface area contributed by atoms with Crippen molar-refractivity contribution in [2.75, 3.05) is 0 Å². The Bertz CT molecular complexity index is 21.2. The second-order valence-corrected chi connectivity index (χ2v) is 1.22. The molecule has 0 aliphatic carbocycles. The minimum atomic E-state index is 1.46. The molecule has 0 N–H and O–H groups in total. The van der Waals surface area contributed by atoms with E-state index in [1.54, 1.807) is 4.08 Å². The highest BCUT2D eigenvalue weighted by atomic mass is 127. The summed E-state index contributed by atoms with van der Waals surface area (Å²) in [6.07, 6.45) is 0. The van der Waals surface area contributed by atoms with Crippen LogP contribution in [0.5, 0.6) is 0 Å². The summed E-state index contributed by atoms with van der Waals surface area (Å²) in [7, 11) is 0. The molecule has 0 aliphatic heterocycles. The normalized spacial score (nSPS) is 9.50. The van der Waals surface area contributed by atoms with Crippen LogP contribution in [0.25, 0.3) is 0 Å². The zero-order chi connectivity index (χ0) is 3.41. The van der Waals surface area contributed by atoms with E-state index in [0.717, 1.165) is 0 Å². The molecular weight excluding hydrogens is 186 g/mol. The Morgan fingerprint density at radius 2 is 2.00 bits per heavy atom. The number of hydrogen-bond acceptors (Lipinski definition) is 0. The van der Waals surface area contributed by atoms with Crippen LogP contribution in [0.4, 0.5) is 0 Å². The van der Waals surface area contributed by atoms with Gasteiger partial charge in [0.15, 0.2) is 0 Å². The first-order valence-electron chi connectivity index (χ1n) is 0.770. The highest BCUT2D eigenvalue weighted by Crippen LogP contribution is 1.83. The molecule has 0 saturated heterocycles. The van der Waals surface area contributed by atoms with Gasteiger partial charge in [0.05, 0.1) is 0 Å². The Kier molecular flexibility index (Phi) is 4.47. The van der Waals surface area contributed by atoms with Gasteiger partial charge < -0.3 is 0 Å². The monoisotopic (exact) mass is 188 g/mol. The molecule has 0 amide bonds. The summed E-state index contributed by atoms with van der Waals surface area (Å²) in [5.41, 5.74) is 1.46. The fourth-order valence-electron chi connectivity index (χ4n) is 0. The largest absolute Gasteiger partial charge is 0.0925 e. The van der Waals surface area contributed by atoms with E-state index in [0.29, 0.717) is 0 Å². The van der Waals surface area contributed by atoms with Crippen molar-refractivity contribution in [3.8, 4) is 0 Å². The SMILES string of the molecule is ClC=CI. The van der Waals surface area contributed by atoms with E-state index in [4.69, 9.17) is 11.6 Å². The van der Waals surface area contributed by atoms with Gasteiger partial charge in [-0.15, -0.1) is 0 Å². The molecule has 0 heterocycles. The first-order chi connectivity index (χ1) is 1.91. The summed E-state index contributed by atoms with van der Waals surface area (Å²) in [6, 6.07) is 0. The first kappa shape index (κ1) is 4.76. The number of rotatable bonds is 0. The molecule has 0 spiro atoms. The van der Waals surface area contributed by atoms with Crippen molar-refractivity contribution < 1.29 is 0 Å². The van der Waals surface area contributed by atoms with Gasteiger partial charge in [-0.05, 0) is 4.08 Å². The van der Waals surface area contributed by atoms with E-state index in [1.165, 1.54) is 5.54 Å². The van der Waals surface area contributed by atoms with Crippen LogP contribution in [0.15, 0.2) is 9.62 Å². The van der Waals surface area contributed by atoms with E-state index >= 15 is 0 Å². The molecule has 4 heavy (non-hydrogen) atoms. The molecular formula is C2H2ClI. The molecule has 0 saturated carbocycles. The highest BCUT2D eigenvalue weighted by Gasteiger charge is 1.39. The van der Waals surface area contributed by atoms with E-state index < -0.39 is 0 Å². The highest BCUT2D eigenvalue weighted by molar-refractivity contribution is 14.1. The Morgan fingerprint density at radius 3 is 2.00 bits per heavy atom. The number of hydrogen-bond donors (Lipinski definition) is 0. The maximum absolute atomic E-state index is 5.00. The summed E-state index contributed by atoms with van der Waals surface area (Å²) in [4.78, 5) is 0. The smallest absolute Gasteiger partial charge is 0.0103 e. The third kappa shape index (κ3) is 2.76. The van der Waals surface area contributed by atoms with Crippen molar-refractivity contribution in [3.63, 3.8) is 0 Å². The summed E-state index contributed by atoms with van der Waals surface area (Å²) in [5.74, 6) is 0. The van der Waals surface area contributed by atoms with Gasteiger partial charge in [-0.25, -0.2) is 0 Å². The van der Waals surface area contributed by atoms with Crippen molar-refractivity contribution in [1.29, 1.82) is 0 Å². The van der Waals surface area contributed by atoms with Crippen molar-refractivity contribution in [2.24, 2.45) is 0 Å². The molecule has 0 radical (unpaired) electrons. The minimum absolute atomic E-state index is 1.46. The summed E-state index contributed by atoms with van der Waals surface area (Å²) >= 11 is 7.04. The van der Waals surface area contributed by atoms with E-state index in [9.17, 15) is 0 Å². The van der Waals surface area contributed by atoms with Crippen molar-refractivity contribution in [2.45, 2.75) is 0 Å². The van der Waals surface area contributed by atoms with Gasteiger partial charge in [0.1, 0.15) is 0 Å². The average Bonchev–Trinajstić information content (AvgIpc) is 1.37. The third-order valence-corrected chi connectivity index (χ3v) is 0.958. The topological polar surface area (TPSA) is 0 Å². The lowest BCUT2D eigenvalue weighted by Gasteiger charge is -1.44. The van der Waals surface area contributed by atoms with E-state index in [2.05, 4.69) is 0 Å².